The highest BCUT2D eigenvalue weighted by Gasteiger charge is 2.33. The molecule has 35 heavy (non-hydrogen) atoms. The smallest absolute Gasteiger partial charge is 0.309 e. The van der Waals surface area contributed by atoms with Crippen molar-refractivity contribution in [3.05, 3.63) is 35.7 Å². The first-order chi connectivity index (χ1) is 16.7. The summed E-state index contributed by atoms with van der Waals surface area (Å²) in [5, 5.41) is 4.18. The molecule has 0 spiro atoms. The zero-order chi connectivity index (χ0) is 25.0. The van der Waals surface area contributed by atoms with Gasteiger partial charge in [-0.05, 0) is 50.1 Å². The lowest BCUT2D eigenvalue weighted by atomic mass is 9.87. The summed E-state index contributed by atoms with van der Waals surface area (Å²) in [6.07, 6.45) is 3.22. The molecule has 4 rings (SSSR count). The van der Waals surface area contributed by atoms with Crippen LogP contribution >= 0.6 is 0 Å². The van der Waals surface area contributed by atoms with E-state index in [1.54, 1.807) is 0 Å². The van der Waals surface area contributed by atoms with E-state index in [-0.39, 0.29) is 29.1 Å². The minimum absolute atomic E-state index is 0.0322. The number of esters is 1. The lowest BCUT2D eigenvalue weighted by Gasteiger charge is -2.37. The largest absolute Gasteiger partial charge is 0.466 e. The van der Waals surface area contributed by atoms with Gasteiger partial charge in [0.2, 0.25) is 17.6 Å². The number of piperidine rings is 2. The molecule has 1 unspecified atom stereocenters. The second-order valence-electron chi connectivity index (χ2n) is 10.8. The number of carbonyl (C=O) groups excluding carboxylic acids is 2. The summed E-state index contributed by atoms with van der Waals surface area (Å²) in [7, 11) is 0. The van der Waals surface area contributed by atoms with E-state index in [0.29, 0.717) is 57.3 Å². The third-order valence-electron chi connectivity index (χ3n) is 7.12. The molecule has 0 saturated carbocycles. The fraction of sp³-hybridized carbons (Fsp3) is 0.630. The Balaban J connectivity index is 1.30. The Hall–Kier alpha value is -2.74. The topological polar surface area (TPSA) is 88.8 Å². The number of likely N-dealkylation sites (tertiary alicyclic amines) is 2. The fourth-order valence-corrected chi connectivity index (χ4v) is 5.00. The summed E-state index contributed by atoms with van der Waals surface area (Å²) in [4.78, 5) is 33.9. The van der Waals surface area contributed by atoms with E-state index in [1.807, 2.05) is 24.0 Å². The summed E-state index contributed by atoms with van der Waals surface area (Å²) in [6, 6.07) is 8.30. The van der Waals surface area contributed by atoms with Crippen molar-refractivity contribution < 1.29 is 18.8 Å². The highest BCUT2D eigenvalue weighted by molar-refractivity contribution is 5.80. The molecule has 2 saturated heterocycles. The molecule has 1 aromatic heterocycles. The van der Waals surface area contributed by atoms with Gasteiger partial charge in [0.15, 0.2) is 0 Å². The fourth-order valence-electron chi connectivity index (χ4n) is 5.00. The number of hydrogen-bond acceptors (Lipinski definition) is 7. The standard InChI is InChI=1S/C27H38N4O4/c1-5-34-26(33)20-12-15-31(16-13-20)25(32)21-7-6-14-30(17-21)18-23-28-24(29-35-23)19-8-10-22(11-9-19)27(2,3)4/h8-11,20-21H,5-7,12-18H2,1-4H3. The van der Waals surface area contributed by atoms with Crippen LogP contribution in [0.25, 0.3) is 11.4 Å². The van der Waals surface area contributed by atoms with Gasteiger partial charge in [-0.2, -0.15) is 4.98 Å². The van der Waals surface area contributed by atoms with E-state index in [9.17, 15) is 9.59 Å². The molecule has 1 atom stereocenters. The highest BCUT2D eigenvalue weighted by Crippen LogP contribution is 2.27. The lowest BCUT2D eigenvalue weighted by molar-refractivity contribution is -0.152. The summed E-state index contributed by atoms with van der Waals surface area (Å²) >= 11 is 0. The molecule has 0 bridgehead atoms. The second kappa shape index (κ2) is 10.9. The minimum Gasteiger partial charge on any atom is -0.466 e. The Morgan fingerprint density at radius 1 is 1.06 bits per heavy atom. The average Bonchev–Trinajstić information content (AvgIpc) is 3.32. The molecule has 1 aromatic carbocycles. The van der Waals surface area contributed by atoms with Gasteiger partial charge in [-0.15, -0.1) is 0 Å². The van der Waals surface area contributed by atoms with Crippen LogP contribution in [-0.4, -0.2) is 64.6 Å². The molecule has 2 aromatic rings. The number of carbonyl (C=O) groups is 2. The zero-order valence-corrected chi connectivity index (χ0v) is 21.5. The van der Waals surface area contributed by atoms with Gasteiger partial charge in [0, 0.05) is 25.2 Å². The molecule has 8 heteroatoms. The first kappa shape index (κ1) is 25.4. The first-order valence-corrected chi connectivity index (χ1v) is 12.9. The summed E-state index contributed by atoms with van der Waals surface area (Å²) in [5.74, 6) is 1.11. The van der Waals surface area contributed by atoms with Crippen LogP contribution in [0.4, 0.5) is 0 Å². The van der Waals surface area contributed by atoms with E-state index in [4.69, 9.17) is 9.26 Å². The van der Waals surface area contributed by atoms with Gasteiger partial charge in [0.1, 0.15) is 0 Å². The van der Waals surface area contributed by atoms with Crippen LogP contribution < -0.4 is 0 Å². The van der Waals surface area contributed by atoms with Crippen LogP contribution in [0.2, 0.25) is 0 Å². The normalized spacial score (nSPS) is 20.1. The molecule has 3 heterocycles. The predicted molar refractivity (Wildman–Crippen MR) is 132 cm³/mol. The molecule has 2 fully saturated rings. The average molecular weight is 483 g/mol. The number of nitrogens with zero attached hydrogens (tertiary/aromatic N) is 4. The maximum atomic E-state index is 13.2. The molecule has 190 valence electrons. The van der Waals surface area contributed by atoms with Gasteiger partial charge < -0.3 is 14.2 Å². The van der Waals surface area contributed by atoms with Crippen molar-refractivity contribution in [2.24, 2.45) is 11.8 Å². The van der Waals surface area contributed by atoms with Gasteiger partial charge in [0.05, 0.1) is 25.0 Å². The molecule has 2 aliphatic heterocycles. The highest BCUT2D eigenvalue weighted by atomic mass is 16.5. The Kier molecular flexibility index (Phi) is 7.89. The molecular formula is C27H38N4O4. The summed E-state index contributed by atoms with van der Waals surface area (Å²) in [6.45, 7) is 12.2. The van der Waals surface area contributed by atoms with Crippen LogP contribution in [0.1, 0.15) is 64.8 Å². The van der Waals surface area contributed by atoms with Gasteiger partial charge in [0.25, 0.3) is 0 Å². The van der Waals surface area contributed by atoms with E-state index in [1.165, 1.54) is 5.56 Å². The molecule has 8 nitrogen and oxygen atoms in total. The van der Waals surface area contributed by atoms with E-state index in [0.717, 1.165) is 24.9 Å². The summed E-state index contributed by atoms with van der Waals surface area (Å²) in [5.41, 5.74) is 2.30. The van der Waals surface area contributed by atoms with Crippen molar-refractivity contribution in [3.8, 4) is 11.4 Å². The van der Waals surface area contributed by atoms with Gasteiger partial charge in [-0.25, -0.2) is 0 Å². The van der Waals surface area contributed by atoms with Crippen LogP contribution in [0.5, 0.6) is 0 Å². The number of rotatable bonds is 6. The van der Waals surface area contributed by atoms with Crippen molar-refractivity contribution in [3.63, 3.8) is 0 Å². The Bertz CT molecular complexity index is 1000. The van der Waals surface area contributed by atoms with Crippen LogP contribution in [0, 0.1) is 11.8 Å². The Morgan fingerprint density at radius 3 is 2.43 bits per heavy atom. The lowest BCUT2D eigenvalue weighted by Crippen LogP contribution is -2.47. The Morgan fingerprint density at radius 2 is 1.77 bits per heavy atom. The van der Waals surface area contributed by atoms with Crippen LogP contribution in [-0.2, 0) is 26.3 Å². The van der Waals surface area contributed by atoms with E-state index in [2.05, 4.69) is 47.9 Å². The monoisotopic (exact) mass is 482 g/mol. The maximum absolute atomic E-state index is 13.2. The number of aromatic nitrogens is 2. The molecular weight excluding hydrogens is 444 g/mol. The summed E-state index contributed by atoms with van der Waals surface area (Å²) < 4.78 is 10.7. The minimum atomic E-state index is -0.132. The van der Waals surface area contributed by atoms with Crippen molar-refractivity contribution in [1.82, 2.24) is 19.9 Å². The van der Waals surface area contributed by atoms with Gasteiger partial charge >= 0.3 is 5.97 Å². The van der Waals surface area contributed by atoms with Crippen molar-refractivity contribution in [2.45, 2.75) is 65.3 Å². The zero-order valence-electron chi connectivity index (χ0n) is 21.5. The third kappa shape index (κ3) is 6.28. The SMILES string of the molecule is CCOC(=O)C1CCN(C(=O)C2CCCN(Cc3nc(-c4ccc(C(C)(C)C)cc4)no3)C2)CC1. The number of benzene rings is 1. The molecule has 2 aliphatic rings. The number of amides is 1. The van der Waals surface area contributed by atoms with Crippen molar-refractivity contribution in [1.29, 1.82) is 0 Å². The third-order valence-corrected chi connectivity index (χ3v) is 7.12. The Labute approximate surface area is 208 Å². The maximum Gasteiger partial charge on any atom is 0.309 e. The van der Waals surface area contributed by atoms with Crippen molar-refractivity contribution in [2.75, 3.05) is 32.8 Å². The van der Waals surface area contributed by atoms with Crippen LogP contribution in [0.15, 0.2) is 28.8 Å². The van der Waals surface area contributed by atoms with Gasteiger partial charge in [-0.1, -0.05) is 50.2 Å². The predicted octanol–water partition coefficient (Wildman–Crippen LogP) is 4.05. The van der Waals surface area contributed by atoms with E-state index < -0.39 is 0 Å². The number of hydrogen-bond donors (Lipinski definition) is 0. The van der Waals surface area contributed by atoms with Crippen molar-refractivity contribution >= 4 is 11.9 Å². The van der Waals surface area contributed by atoms with Crippen LogP contribution in [0.3, 0.4) is 0 Å². The van der Waals surface area contributed by atoms with Gasteiger partial charge in [-0.3, -0.25) is 14.5 Å². The van der Waals surface area contributed by atoms with E-state index >= 15 is 0 Å². The molecule has 0 aliphatic carbocycles. The first-order valence-electron chi connectivity index (χ1n) is 12.9. The molecule has 1 amide bonds. The second-order valence-corrected chi connectivity index (χ2v) is 10.8. The molecule has 0 radical (unpaired) electrons. The molecule has 0 N–H and O–H groups in total. The number of ether oxygens (including phenoxy) is 1. The quantitative estimate of drug-likeness (QED) is 0.574.